The molecule has 0 aliphatic rings. The van der Waals surface area contributed by atoms with E-state index < -0.39 is 0 Å². The summed E-state index contributed by atoms with van der Waals surface area (Å²) in [7, 11) is 3.00. The lowest BCUT2D eigenvalue weighted by molar-refractivity contribution is 1.09. The Bertz CT molecular complexity index is 199. The number of rotatable bonds is 0. The van der Waals surface area contributed by atoms with Crippen molar-refractivity contribution < 1.29 is 0 Å². The van der Waals surface area contributed by atoms with Crippen LogP contribution in [0.2, 0.25) is 0 Å². The molecule has 0 radical (unpaired) electrons. The minimum absolute atomic E-state index is 1.25. The first-order valence-electron chi connectivity index (χ1n) is 14.6. The van der Waals surface area contributed by atoms with E-state index in [1.807, 2.05) is 184 Å². The lowest BCUT2D eigenvalue weighted by atomic mass is 10.4. The predicted octanol–water partition coefficient (Wildman–Crippen LogP) is 12.1. The average molecular weight is 503 g/mol. The van der Waals surface area contributed by atoms with E-state index in [0.717, 1.165) is 0 Å². The fourth-order valence-corrected chi connectivity index (χ4v) is 0.770. The van der Waals surface area contributed by atoms with Crippen LogP contribution in [-0.4, -0.2) is 14.1 Å². The van der Waals surface area contributed by atoms with E-state index in [0.29, 0.717) is 0 Å². The molecule has 2 nitrogen and oxygen atoms in total. The molecule has 0 aromatic heterocycles. The molecule has 0 saturated heterocycles. The zero-order chi connectivity index (χ0) is 31.2. The minimum Gasteiger partial charge on any atom is -0.333 e. The van der Waals surface area contributed by atoms with Gasteiger partial charge in [0, 0.05) is 0 Å². The predicted molar refractivity (Wildman–Crippen MR) is 180 cm³/mol. The summed E-state index contributed by atoms with van der Waals surface area (Å²) in [5.74, 6) is 0. The van der Waals surface area contributed by atoms with Crippen LogP contribution in [0.5, 0.6) is 0 Å². The third kappa shape index (κ3) is 278. The Morgan fingerprint density at radius 2 is 0.286 bits per heavy atom. The molecule has 2 aromatic rings. The van der Waals surface area contributed by atoms with Crippen LogP contribution < -0.4 is 11.5 Å². The van der Waals surface area contributed by atoms with Gasteiger partial charge in [-0.05, 0) is 14.1 Å². The van der Waals surface area contributed by atoms with Gasteiger partial charge in [-0.1, -0.05) is 204 Å². The van der Waals surface area contributed by atoms with Gasteiger partial charge in [-0.2, -0.15) is 0 Å². The fourth-order valence-electron chi connectivity index (χ4n) is 0.770. The maximum absolute atomic E-state index is 4.50. The number of hydrogen-bond donors (Lipinski definition) is 2. The van der Waals surface area contributed by atoms with Gasteiger partial charge in [-0.15, -0.1) is 0 Å². The second-order valence-electron chi connectivity index (χ2n) is 3.02. The summed E-state index contributed by atoms with van der Waals surface area (Å²) in [6.45, 7) is 36.2. The zero-order valence-electron chi connectivity index (χ0n) is 28.8. The Morgan fingerprint density at radius 1 is 0.257 bits per heavy atom. The standard InChI is InChI=1S/2C6H6.C3H8.8C2H6.2CH5N/c2*1-2-4-6-5-3-1;1-3-2;10*1-2/h2*1-6H;3H2,1-2H3;8*1-2H3;2*2H2,1H3. The average Bonchev–Trinajstić information content (AvgIpc) is 3.05. The summed E-state index contributed by atoms with van der Waals surface area (Å²) in [6.07, 6.45) is 1.25. The highest BCUT2D eigenvalue weighted by Crippen LogP contribution is 1.80. The highest BCUT2D eigenvalue weighted by atomic mass is 14.4. The molecule has 35 heavy (non-hydrogen) atoms. The van der Waals surface area contributed by atoms with Crippen LogP contribution in [-0.2, 0) is 0 Å². The lowest BCUT2D eigenvalue weighted by Crippen LogP contribution is -1.69. The molecular formula is C33H78N2. The Morgan fingerprint density at radius 3 is 0.314 bits per heavy atom. The van der Waals surface area contributed by atoms with Crippen molar-refractivity contribution in [3.8, 4) is 0 Å². The van der Waals surface area contributed by atoms with E-state index >= 15 is 0 Å². The van der Waals surface area contributed by atoms with E-state index in [-0.39, 0.29) is 0 Å². The van der Waals surface area contributed by atoms with Gasteiger partial charge in [-0.3, -0.25) is 0 Å². The Labute approximate surface area is 229 Å². The lowest BCUT2D eigenvalue weighted by Gasteiger charge is -1.69. The van der Waals surface area contributed by atoms with Crippen LogP contribution in [0.1, 0.15) is 131 Å². The Hall–Kier alpha value is -1.64. The number of benzene rings is 2. The van der Waals surface area contributed by atoms with Crippen LogP contribution in [0.4, 0.5) is 0 Å². The quantitative estimate of drug-likeness (QED) is 0.376. The summed E-state index contributed by atoms with van der Waals surface area (Å²) in [4.78, 5) is 0. The summed E-state index contributed by atoms with van der Waals surface area (Å²) in [5.41, 5.74) is 9.00. The van der Waals surface area contributed by atoms with E-state index in [2.05, 4.69) is 25.3 Å². The molecule has 2 heteroatoms. The van der Waals surface area contributed by atoms with Crippen molar-refractivity contribution in [3.05, 3.63) is 72.8 Å². The van der Waals surface area contributed by atoms with Crippen LogP contribution >= 0.6 is 0 Å². The number of nitrogens with two attached hydrogens (primary N) is 2. The third-order valence-corrected chi connectivity index (χ3v) is 1.33. The van der Waals surface area contributed by atoms with Gasteiger partial charge < -0.3 is 11.5 Å². The van der Waals surface area contributed by atoms with Crippen molar-refractivity contribution >= 4 is 0 Å². The zero-order valence-corrected chi connectivity index (χ0v) is 28.8. The molecule has 0 bridgehead atoms. The maximum Gasteiger partial charge on any atom is -0.0195 e. The Kier molecular flexibility index (Phi) is 492. The molecule has 0 aliphatic carbocycles. The summed E-state index contributed by atoms with van der Waals surface area (Å²) in [5, 5.41) is 0. The monoisotopic (exact) mass is 503 g/mol. The van der Waals surface area contributed by atoms with Gasteiger partial charge >= 0.3 is 0 Å². The molecule has 0 unspecified atom stereocenters. The first-order chi connectivity index (χ1) is 17.4. The summed E-state index contributed by atoms with van der Waals surface area (Å²) < 4.78 is 0. The van der Waals surface area contributed by atoms with Gasteiger partial charge in [0.15, 0.2) is 0 Å². The smallest absolute Gasteiger partial charge is 0.0195 e. The summed E-state index contributed by atoms with van der Waals surface area (Å²) >= 11 is 0. The molecule has 0 saturated carbocycles. The van der Waals surface area contributed by atoms with E-state index in [9.17, 15) is 0 Å². The van der Waals surface area contributed by atoms with Gasteiger partial charge in [0.1, 0.15) is 0 Å². The molecule has 0 heterocycles. The van der Waals surface area contributed by atoms with Gasteiger partial charge in [0.25, 0.3) is 0 Å². The van der Waals surface area contributed by atoms with Gasteiger partial charge in [0.05, 0.1) is 0 Å². The largest absolute Gasteiger partial charge is 0.333 e. The molecule has 220 valence electrons. The highest BCUT2D eigenvalue weighted by Gasteiger charge is 1.58. The van der Waals surface area contributed by atoms with Crippen LogP contribution in [0.15, 0.2) is 72.8 Å². The Balaban J connectivity index is -0.0000000208. The molecular weight excluding hydrogens is 424 g/mol. The van der Waals surface area contributed by atoms with Crippen molar-refractivity contribution in [1.29, 1.82) is 0 Å². The van der Waals surface area contributed by atoms with Gasteiger partial charge in [-0.25, -0.2) is 0 Å². The molecule has 0 fully saturated rings. The van der Waals surface area contributed by atoms with Crippen LogP contribution in [0.3, 0.4) is 0 Å². The van der Waals surface area contributed by atoms with Crippen molar-refractivity contribution in [2.75, 3.05) is 14.1 Å². The van der Waals surface area contributed by atoms with E-state index in [1.54, 1.807) is 0 Å². The first-order valence-corrected chi connectivity index (χ1v) is 14.6. The second-order valence-corrected chi connectivity index (χ2v) is 3.02. The summed E-state index contributed by atoms with van der Waals surface area (Å²) in [6, 6.07) is 24.0. The van der Waals surface area contributed by atoms with Crippen molar-refractivity contribution in [2.45, 2.75) is 131 Å². The maximum atomic E-state index is 4.50. The molecule has 0 amide bonds. The van der Waals surface area contributed by atoms with Crippen LogP contribution in [0.25, 0.3) is 0 Å². The highest BCUT2D eigenvalue weighted by molar-refractivity contribution is 4.99. The normalized spacial score (nSPS) is 4.97. The second kappa shape index (κ2) is 247. The topological polar surface area (TPSA) is 52.0 Å². The SMILES string of the molecule is CC.CC.CC.CC.CC.CC.CC.CC.CCC.CN.CN.c1ccccc1.c1ccccc1. The van der Waals surface area contributed by atoms with E-state index in [1.165, 1.54) is 20.5 Å². The number of hydrogen-bond acceptors (Lipinski definition) is 2. The van der Waals surface area contributed by atoms with Gasteiger partial charge in [0.2, 0.25) is 0 Å². The first kappa shape index (κ1) is 69.9. The van der Waals surface area contributed by atoms with Crippen molar-refractivity contribution in [2.24, 2.45) is 11.5 Å². The molecule has 2 aromatic carbocycles. The minimum atomic E-state index is 1.25. The fraction of sp³-hybridized carbons (Fsp3) is 0.636. The molecule has 0 aliphatic heterocycles. The van der Waals surface area contributed by atoms with Crippen molar-refractivity contribution in [3.63, 3.8) is 0 Å². The molecule has 0 atom stereocenters. The molecule has 2 rings (SSSR count). The van der Waals surface area contributed by atoms with E-state index in [4.69, 9.17) is 0 Å². The van der Waals surface area contributed by atoms with Crippen molar-refractivity contribution in [1.82, 2.24) is 0 Å². The molecule has 4 N–H and O–H groups in total. The third-order valence-electron chi connectivity index (χ3n) is 1.33. The van der Waals surface area contributed by atoms with Crippen LogP contribution in [0, 0.1) is 0 Å². The molecule has 0 spiro atoms.